The summed E-state index contributed by atoms with van der Waals surface area (Å²) in [6, 6.07) is 5.87. The van der Waals surface area contributed by atoms with Crippen LogP contribution in [0.2, 0.25) is 0 Å². The molecule has 0 aliphatic rings. The van der Waals surface area contributed by atoms with E-state index in [1.54, 1.807) is 24.3 Å². The minimum atomic E-state index is -1.25. The molecule has 1 aromatic rings. The molecule has 0 bridgehead atoms. The smallest absolute Gasteiger partial charge is 0.329 e. The zero-order valence-corrected chi connectivity index (χ0v) is 11.8. The lowest BCUT2D eigenvalue weighted by Gasteiger charge is -2.31. The number of hydrogen-bond donors (Lipinski definition) is 1. The van der Waals surface area contributed by atoms with Crippen molar-refractivity contribution in [1.82, 2.24) is 4.90 Å². The molecule has 1 aromatic carbocycles. The van der Waals surface area contributed by atoms with E-state index in [1.165, 1.54) is 37.9 Å². The number of carboxylic acid groups (broad SMARTS) is 1. The maximum atomic E-state index is 12.7. The van der Waals surface area contributed by atoms with E-state index >= 15 is 0 Å². The van der Waals surface area contributed by atoms with Gasteiger partial charge in [-0.1, -0.05) is 24.3 Å². The molecular formula is C15H18FNO3. The van der Waals surface area contributed by atoms with Crippen LogP contribution in [0.3, 0.4) is 0 Å². The largest absolute Gasteiger partial charge is 0.480 e. The second-order valence-electron chi connectivity index (χ2n) is 4.97. The molecule has 5 heteroatoms. The van der Waals surface area contributed by atoms with Gasteiger partial charge in [0.15, 0.2) is 0 Å². The van der Waals surface area contributed by atoms with Crippen molar-refractivity contribution in [1.29, 1.82) is 0 Å². The Morgan fingerprint density at radius 1 is 1.30 bits per heavy atom. The Morgan fingerprint density at radius 3 is 2.35 bits per heavy atom. The fraction of sp³-hybridized carbons (Fsp3) is 0.333. The van der Waals surface area contributed by atoms with Crippen LogP contribution in [0.25, 0.3) is 6.08 Å². The van der Waals surface area contributed by atoms with Crippen molar-refractivity contribution in [2.24, 2.45) is 0 Å². The lowest BCUT2D eigenvalue weighted by Crippen LogP contribution is -2.50. The van der Waals surface area contributed by atoms with Gasteiger partial charge >= 0.3 is 5.97 Å². The first-order chi connectivity index (χ1) is 9.25. The van der Waals surface area contributed by atoms with Gasteiger partial charge in [0.1, 0.15) is 11.4 Å². The summed E-state index contributed by atoms with van der Waals surface area (Å²) in [5.41, 5.74) is -0.472. The molecule has 1 amide bonds. The van der Waals surface area contributed by atoms with Gasteiger partial charge in [-0.15, -0.1) is 0 Å². The Kier molecular flexibility index (Phi) is 5.02. The number of rotatable bonds is 5. The van der Waals surface area contributed by atoms with E-state index in [1.807, 2.05) is 0 Å². The summed E-state index contributed by atoms with van der Waals surface area (Å²) >= 11 is 0. The van der Waals surface area contributed by atoms with Crippen molar-refractivity contribution in [2.75, 3.05) is 7.05 Å². The molecule has 0 atom stereocenters. The Bertz CT molecular complexity index is 520. The molecular weight excluding hydrogens is 261 g/mol. The van der Waals surface area contributed by atoms with Gasteiger partial charge in [0.25, 0.3) is 0 Å². The predicted octanol–water partition coefficient (Wildman–Crippen LogP) is 2.55. The van der Waals surface area contributed by atoms with Gasteiger partial charge in [-0.25, -0.2) is 9.18 Å². The van der Waals surface area contributed by atoms with E-state index in [0.29, 0.717) is 0 Å². The van der Waals surface area contributed by atoms with Crippen molar-refractivity contribution in [2.45, 2.75) is 25.8 Å². The standard InChI is InChI=1S/C15H18FNO3/c1-15(2,14(19)20)17(3)13(18)6-4-5-11-7-9-12(16)10-8-11/h4-5,7-10H,6H2,1-3H3,(H,19,20)/b5-4+. The minimum Gasteiger partial charge on any atom is -0.480 e. The van der Waals surface area contributed by atoms with Crippen molar-refractivity contribution in [3.63, 3.8) is 0 Å². The summed E-state index contributed by atoms with van der Waals surface area (Å²) in [7, 11) is 1.46. The fourth-order valence-corrected chi connectivity index (χ4v) is 1.46. The topological polar surface area (TPSA) is 57.6 Å². The molecule has 4 nitrogen and oxygen atoms in total. The third-order valence-electron chi connectivity index (χ3n) is 3.21. The molecule has 0 spiro atoms. The van der Waals surface area contributed by atoms with E-state index in [-0.39, 0.29) is 18.1 Å². The molecule has 0 heterocycles. The normalized spacial score (nSPS) is 11.6. The second-order valence-corrected chi connectivity index (χ2v) is 4.97. The molecule has 0 aromatic heterocycles. The third-order valence-corrected chi connectivity index (χ3v) is 3.21. The summed E-state index contributed by atoms with van der Waals surface area (Å²) < 4.78 is 12.7. The Labute approximate surface area is 117 Å². The van der Waals surface area contributed by atoms with Gasteiger partial charge in [-0.2, -0.15) is 0 Å². The van der Waals surface area contributed by atoms with E-state index in [2.05, 4.69) is 0 Å². The summed E-state index contributed by atoms with van der Waals surface area (Å²) in [5.74, 6) is -1.67. The molecule has 0 aliphatic carbocycles. The number of nitrogens with zero attached hydrogens (tertiary/aromatic N) is 1. The number of halogens is 1. The van der Waals surface area contributed by atoms with Gasteiger partial charge < -0.3 is 10.0 Å². The van der Waals surface area contributed by atoms with Crippen LogP contribution in [0.4, 0.5) is 4.39 Å². The molecule has 108 valence electrons. The molecule has 1 rings (SSSR count). The zero-order chi connectivity index (χ0) is 15.3. The van der Waals surface area contributed by atoms with Crippen molar-refractivity contribution < 1.29 is 19.1 Å². The number of carbonyl (C=O) groups excluding carboxylic acids is 1. The van der Waals surface area contributed by atoms with Crippen LogP contribution < -0.4 is 0 Å². The second kappa shape index (κ2) is 6.32. The molecule has 1 N–H and O–H groups in total. The maximum Gasteiger partial charge on any atom is 0.329 e. The monoisotopic (exact) mass is 279 g/mol. The molecule has 0 aliphatic heterocycles. The number of carbonyl (C=O) groups is 2. The van der Waals surface area contributed by atoms with Crippen LogP contribution in [0.15, 0.2) is 30.3 Å². The highest BCUT2D eigenvalue weighted by molar-refractivity contribution is 5.87. The average molecular weight is 279 g/mol. The van der Waals surface area contributed by atoms with Crippen LogP contribution in [0.5, 0.6) is 0 Å². The van der Waals surface area contributed by atoms with E-state index < -0.39 is 11.5 Å². The summed E-state index contributed by atoms with van der Waals surface area (Å²) in [6.07, 6.45) is 3.41. The quantitative estimate of drug-likeness (QED) is 0.901. The summed E-state index contributed by atoms with van der Waals surface area (Å²) in [4.78, 5) is 24.1. The lowest BCUT2D eigenvalue weighted by molar-refractivity contribution is -0.155. The first kappa shape index (κ1) is 15.9. The first-order valence-corrected chi connectivity index (χ1v) is 6.17. The minimum absolute atomic E-state index is 0.0879. The number of carboxylic acids is 1. The number of aliphatic carboxylic acids is 1. The van der Waals surface area contributed by atoms with E-state index in [0.717, 1.165) is 5.56 Å². The third kappa shape index (κ3) is 3.91. The molecule has 0 fully saturated rings. The van der Waals surface area contributed by atoms with E-state index in [4.69, 9.17) is 5.11 Å². The maximum absolute atomic E-state index is 12.7. The van der Waals surface area contributed by atoms with Gasteiger partial charge in [0.05, 0.1) is 0 Å². The molecule has 0 saturated carbocycles. The van der Waals surface area contributed by atoms with Crippen LogP contribution in [-0.2, 0) is 9.59 Å². The van der Waals surface area contributed by atoms with Crippen LogP contribution in [0.1, 0.15) is 25.8 Å². The van der Waals surface area contributed by atoms with Crippen molar-refractivity contribution >= 4 is 18.0 Å². The first-order valence-electron chi connectivity index (χ1n) is 6.17. The SMILES string of the molecule is CN(C(=O)C/C=C/c1ccc(F)cc1)C(C)(C)C(=O)O. The molecule has 0 unspecified atom stereocenters. The molecule has 0 saturated heterocycles. The number of hydrogen-bond acceptors (Lipinski definition) is 2. The number of amides is 1. The lowest BCUT2D eigenvalue weighted by atomic mass is 10.0. The summed E-state index contributed by atoms with van der Waals surface area (Å²) in [5, 5.41) is 9.04. The Balaban J connectivity index is 2.63. The van der Waals surface area contributed by atoms with Crippen molar-refractivity contribution in [3.05, 3.63) is 41.7 Å². The highest BCUT2D eigenvalue weighted by Crippen LogP contribution is 2.14. The molecule has 20 heavy (non-hydrogen) atoms. The van der Waals surface area contributed by atoms with Gasteiger partial charge in [-0.3, -0.25) is 4.79 Å². The highest BCUT2D eigenvalue weighted by Gasteiger charge is 2.34. The van der Waals surface area contributed by atoms with Gasteiger partial charge in [0.2, 0.25) is 5.91 Å². The number of likely N-dealkylation sites (N-methyl/N-ethyl adjacent to an activating group) is 1. The van der Waals surface area contributed by atoms with E-state index in [9.17, 15) is 14.0 Å². The van der Waals surface area contributed by atoms with Crippen molar-refractivity contribution in [3.8, 4) is 0 Å². The highest BCUT2D eigenvalue weighted by atomic mass is 19.1. The molecule has 0 radical (unpaired) electrons. The van der Waals surface area contributed by atoms with Gasteiger partial charge in [0, 0.05) is 13.5 Å². The summed E-state index contributed by atoms with van der Waals surface area (Å²) in [6.45, 7) is 2.94. The predicted molar refractivity (Wildman–Crippen MR) is 74.5 cm³/mol. The average Bonchev–Trinajstić information content (AvgIpc) is 2.39. The fourth-order valence-electron chi connectivity index (χ4n) is 1.46. The zero-order valence-electron chi connectivity index (χ0n) is 11.8. The van der Waals surface area contributed by atoms with Crippen LogP contribution >= 0.6 is 0 Å². The number of benzene rings is 1. The Hall–Kier alpha value is -2.17. The van der Waals surface area contributed by atoms with Gasteiger partial charge in [-0.05, 0) is 31.5 Å². The van der Waals surface area contributed by atoms with Crippen LogP contribution in [0, 0.1) is 5.82 Å². The van der Waals surface area contributed by atoms with Crippen LogP contribution in [-0.4, -0.2) is 34.5 Å². The Morgan fingerprint density at radius 2 is 1.85 bits per heavy atom.